The first-order valence-corrected chi connectivity index (χ1v) is 8.39. The fourth-order valence-electron chi connectivity index (χ4n) is 2.76. The average Bonchev–Trinajstić information content (AvgIpc) is 2.61. The number of ether oxygens (including phenoxy) is 2. The number of carboxylic acids is 1. The summed E-state index contributed by atoms with van der Waals surface area (Å²) in [6.45, 7) is 3.64. The number of unbranched alkanes of at least 4 members (excludes halogenated alkanes) is 1. The summed E-state index contributed by atoms with van der Waals surface area (Å²) < 4.78 is 11.0. The molecule has 1 N–H and O–H groups in total. The van der Waals surface area contributed by atoms with E-state index in [2.05, 4.69) is 6.92 Å². The second-order valence-electron chi connectivity index (χ2n) is 5.97. The maximum Gasteiger partial charge on any atom is 0.306 e. The van der Waals surface area contributed by atoms with Gasteiger partial charge in [-0.15, -0.1) is 0 Å². The Hall–Kier alpha value is -2.24. The number of rotatable bonds is 7. The van der Waals surface area contributed by atoms with Crippen LogP contribution in [0.5, 0.6) is 11.5 Å². The van der Waals surface area contributed by atoms with Gasteiger partial charge in [-0.1, -0.05) is 13.3 Å². The largest absolute Gasteiger partial charge is 0.493 e. The molecule has 1 aliphatic rings. The van der Waals surface area contributed by atoms with E-state index in [1.165, 1.54) is 0 Å². The Morgan fingerprint density at radius 2 is 1.96 bits per heavy atom. The minimum absolute atomic E-state index is 0.0998. The SMILES string of the molecule is CCCCOc1ccc(C(=O)N2CCC(C(=O)O)CC2)cc1OC. The molecule has 6 heteroatoms. The number of likely N-dealkylation sites (tertiary alicyclic amines) is 1. The summed E-state index contributed by atoms with van der Waals surface area (Å²) in [7, 11) is 1.55. The second-order valence-corrected chi connectivity index (χ2v) is 5.97. The Morgan fingerprint density at radius 1 is 1.25 bits per heavy atom. The fraction of sp³-hybridized carbons (Fsp3) is 0.556. The maximum absolute atomic E-state index is 12.6. The number of carboxylic acid groups (broad SMARTS) is 1. The van der Waals surface area contributed by atoms with E-state index in [9.17, 15) is 9.59 Å². The van der Waals surface area contributed by atoms with E-state index >= 15 is 0 Å². The molecule has 1 aromatic rings. The number of carbonyl (C=O) groups is 2. The highest BCUT2D eigenvalue weighted by Gasteiger charge is 2.27. The van der Waals surface area contributed by atoms with E-state index in [1.807, 2.05) is 0 Å². The Morgan fingerprint density at radius 3 is 2.54 bits per heavy atom. The van der Waals surface area contributed by atoms with Gasteiger partial charge in [0, 0.05) is 18.7 Å². The van der Waals surface area contributed by atoms with Gasteiger partial charge >= 0.3 is 5.97 Å². The molecular formula is C18H25NO5. The summed E-state index contributed by atoms with van der Waals surface area (Å²) in [6.07, 6.45) is 3.00. The normalized spacial score (nSPS) is 15.2. The summed E-state index contributed by atoms with van der Waals surface area (Å²) in [5.74, 6) is -0.0583. The van der Waals surface area contributed by atoms with Crippen LogP contribution in [-0.4, -0.2) is 48.7 Å². The first kappa shape index (κ1) is 18.1. The van der Waals surface area contributed by atoms with Gasteiger partial charge in [-0.05, 0) is 37.5 Å². The number of methoxy groups -OCH3 is 1. The zero-order valence-corrected chi connectivity index (χ0v) is 14.3. The summed E-state index contributed by atoms with van der Waals surface area (Å²) in [5, 5.41) is 9.03. The van der Waals surface area contributed by atoms with Gasteiger partial charge in [0.25, 0.3) is 5.91 Å². The molecule has 1 aliphatic heterocycles. The van der Waals surface area contributed by atoms with Crippen LogP contribution in [0.2, 0.25) is 0 Å². The van der Waals surface area contributed by atoms with Crippen LogP contribution in [0.4, 0.5) is 0 Å². The minimum atomic E-state index is -0.780. The van der Waals surface area contributed by atoms with Crippen molar-refractivity contribution in [3.8, 4) is 11.5 Å². The van der Waals surface area contributed by atoms with Crippen molar-refractivity contribution in [1.82, 2.24) is 4.90 Å². The van der Waals surface area contributed by atoms with Crippen LogP contribution < -0.4 is 9.47 Å². The molecule has 0 saturated carbocycles. The number of nitrogens with zero attached hydrogens (tertiary/aromatic N) is 1. The van der Waals surface area contributed by atoms with Crippen LogP contribution in [0.15, 0.2) is 18.2 Å². The highest BCUT2D eigenvalue weighted by molar-refractivity contribution is 5.95. The summed E-state index contributed by atoms with van der Waals surface area (Å²) in [6, 6.07) is 5.17. The average molecular weight is 335 g/mol. The zero-order valence-electron chi connectivity index (χ0n) is 14.3. The highest BCUT2D eigenvalue weighted by Crippen LogP contribution is 2.29. The molecule has 0 unspecified atom stereocenters. The topological polar surface area (TPSA) is 76.1 Å². The van der Waals surface area contributed by atoms with Gasteiger partial charge in [0.2, 0.25) is 0 Å². The molecule has 1 amide bonds. The fourth-order valence-corrected chi connectivity index (χ4v) is 2.76. The van der Waals surface area contributed by atoms with Crippen molar-refractivity contribution in [2.24, 2.45) is 5.92 Å². The van der Waals surface area contributed by atoms with E-state index in [0.717, 1.165) is 12.8 Å². The molecule has 0 aliphatic carbocycles. The Bertz CT molecular complexity index is 579. The van der Waals surface area contributed by atoms with Crippen molar-refractivity contribution in [3.63, 3.8) is 0 Å². The number of piperidine rings is 1. The van der Waals surface area contributed by atoms with Gasteiger partial charge in [0.1, 0.15) is 0 Å². The number of carbonyl (C=O) groups excluding carboxylic acids is 1. The van der Waals surface area contributed by atoms with Crippen LogP contribution in [-0.2, 0) is 4.79 Å². The number of aliphatic carboxylic acids is 1. The lowest BCUT2D eigenvalue weighted by Gasteiger charge is -2.30. The number of benzene rings is 1. The van der Waals surface area contributed by atoms with Gasteiger partial charge in [-0.3, -0.25) is 9.59 Å². The predicted octanol–water partition coefficient (Wildman–Crippen LogP) is 2.81. The molecule has 0 radical (unpaired) electrons. The van der Waals surface area contributed by atoms with Gasteiger partial charge in [-0.25, -0.2) is 0 Å². The molecule has 0 bridgehead atoms. The van der Waals surface area contributed by atoms with E-state index < -0.39 is 5.97 Å². The van der Waals surface area contributed by atoms with Gasteiger partial charge < -0.3 is 19.5 Å². The van der Waals surface area contributed by atoms with E-state index in [4.69, 9.17) is 14.6 Å². The lowest BCUT2D eigenvalue weighted by molar-refractivity contribution is -0.143. The molecule has 1 heterocycles. The zero-order chi connectivity index (χ0) is 17.5. The number of hydrogen-bond donors (Lipinski definition) is 1. The van der Waals surface area contributed by atoms with E-state index in [0.29, 0.717) is 49.6 Å². The first-order valence-electron chi connectivity index (χ1n) is 8.39. The van der Waals surface area contributed by atoms with Gasteiger partial charge in [0.05, 0.1) is 19.6 Å². The van der Waals surface area contributed by atoms with Crippen molar-refractivity contribution >= 4 is 11.9 Å². The molecule has 132 valence electrons. The minimum Gasteiger partial charge on any atom is -0.493 e. The van der Waals surface area contributed by atoms with E-state index in [1.54, 1.807) is 30.2 Å². The van der Waals surface area contributed by atoms with Crippen LogP contribution in [0.3, 0.4) is 0 Å². The standard InChI is InChI=1S/C18H25NO5/c1-3-4-11-24-15-6-5-14(12-16(15)23-2)17(20)19-9-7-13(8-10-19)18(21)22/h5-6,12-13H,3-4,7-11H2,1-2H3,(H,21,22). The van der Waals surface area contributed by atoms with Crippen molar-refractivity contribution in [2.75, 3.05) is 26.8 Å². The lowest BCUT2D eigenvalue weighted by Crippen LogP contribution is -2.40. The Labute approximate surface area is 142 Å². The van der Waals surface area contributed by atoms with Crippen molar-refractivity contribution in [1.29, 1.82) is 0 Å². The quantitative estimate of drug-likeness (QED) is 0.776. The summed E-state index contributed by atoms with van der Waals surface area (Å²) in [5.41, 5.74) is 0.531. The summed E-state index contributed by atoms with van der Waals surface area (Å²) in [4.78, 5) is 25.3. The lowest BCUT2D eigenvalue weighted by atomic mass is 9.96. The summed E-state index contributed by atoms with van der Waals surface area (Å²) >= 11 is 0. The highest BCUT2D eigenvalue weighted by atomic mass is 16.5. The third kappa shape index (κ3) is 4.40. The molecule has 6 nitrogen and oxygen atoms in total. The van der Waals surface area contributed by atoms with Crippen molar-refractivity contribution in [3.05, 3.63) is 23.8 Å². The Balaban J connectivity index is 2.03. The van der Waals surface area contributed by atoms with Crippen molar-refractivity contribution < 1.29 is 24.2 Å². The van der Waals surface area contributed by atoms with Crippen LogP contribution in [0, 0.1) is 5.92 Å². The van der Waals surface area contributed by atoms with Crippen molar-refractivity contribution in [2.45, 2.75) is 32.6 Å². The number of amides is 1. The van der Waals surface area contributed by atoms with Crippen LogP contribution >= 0.6 is 0 Å². The third-order valence-corrected chi connectivity index (χ3v) is 4.30. The molecular weight excluding hydrogens is 310 g/mol. The molecule has 0 spiro atoms. The number of hydrogen-bond acceptors (Lipinski definition) is 4. The molecule has 24 heavy (non-hydrogen) atoms. The van der Waals surface area contributed by atoms with E-state index in [-0.39, 0.29) is 11.8 Å². The molecule has 1 fully saturated rings. The van der Waals surface area contributed by atoms with Crippen LogP contribution in [0.1, 0.15) is 43.0 Å². The molecule has 0 aromatic heterocycles. The third-order valence-electron chi connectivity index (χ3n) is 4.30. The molecule has 2 rings (SSSR count). The molecule has 1 aromatic carbocycles. The van der Waals surface area contributed by atoms with Gasteiger partial charge in [0.15, 0.2) is 11.5 Å². The molecule has 1 saturated heterocycles. The van der Waals surface area contributed by atoms with Gasteiger partial charge in [-0.2, -0.15) is 0 Å². The maximum atomic E-state index is 12.6. The monoisotopic (exact) mass is 335 g/mol. The smallest absolute Gasteiger partial charge is 0.306 e. The first-order chi connectivity index (χ1) is 11.6. The predicted molar refractivity (Wildman–Crippen MR) is 89.7 cm³/mol. The Kier molecular flexibility index (Phi) is 6.46. The molecule has 0 atom stereocenters. The van der Waals surface area contributed by atoms with Crippen LogP contribution in [0.25, 0.3) is 0 Å². The second kappa shape index (κ2) is 8.57.